The minimum Gasteiger partial charge on any atom is -0.309 e. The summed E-state index contributed by atoms with van der Waals surface area (Å²) in [7, 11) is -3.49. The summed E-state index contributed by atoms with van der Waals surface area (Å²) in [5.41, 5.74) is 0.714. The number of hydrogen-bond donors (Lipinski definition) is 2. The van der Waals surface area contributed by atoms with Crippen LogP contribution in [-0.2, 0) is 10.0 Å². The monoisotopic (exact) mass is 323 g/mol. The molecular formula is C15H18FN3O2S. The van der Waals surface area contributed by atoms with E-state index >= 15 is 0 Å². The van der Waals surface area contributed by atoms with E-state index in [-0.39, 0.29) is 17.5 Å². The number of nitrogens with one attached hydrogen (secondary N) is 2. The van der Waals surface area contributed by atoms with Crippen molar-refractivity contribution in [1.29, 1.82) is 0 Å². The van der Waals surface area contributed by atoms with Gasteiger partial charge in [-0.15, -0.1) is 0 Å². The van der Waals surface area contributed by atoms with Crippen molar-refractivity contribution in [1.82, 2.24) is 15.0 Å². The average Bonchev–Trinajstić information content (AvgIpc) is 2.52. The predicted molar refractivity (Wildman–Crippen MR) is 82.2 cm³/mol. The standard InChI is InChI=1S/C15H18FN3O2S/c1-12(13-9-14(16)11-17-10-13)18-7-8-19-22(20,21)15-5-3-2-4-6-15/h2-6,9-12,18-19H,7-8H2,1H3. The molecule has 1 heterocycles. The smallest absolute Gasteiger partial charge is 0.240 e. The quantitative estimate of drug-likeness (QED) is 0.763. The third-order valence-electron chi connectivity index (χ3n) is 3.15. The highest BCUT2D eigenvalue weighted by Gasteiger charge is 2.12. The van der Waals surface area contributed by atoms with Crippen LogP contribution in [0.2, 0.25) is 0 Å². The van der Waals surface area contributed by atoms with Gasteiger partial charge in [-0.25, -0.2) is 17.5 Å². The van der Waals surface area contributed by atoms with Crippen LogP contribution >= 0.6 is 0 Å². The fourth-order valence-electron chi connectivity index (χ4n) is 1.94. The van der Waals surface area contributed by atoms with Gasteiger partial charge in [0.25, 0.3) is 0 Å². The van der Waals surface area contributed by atoms with Gasteiger partial charge in [-0.3, -0.25) is 4.98 Å². The van der Waals surface area contributed by atoms with Crippen molar-refractivity contribution in [2.24, 2.45) is 0 Å². The second kappa shape index (κ2) is 7.44. The lowest BCUT2D eigenvalue weighted by Gasteiger charge is -2.14. The van der Waals surface area contributed by atoms with E-state index in [0.717, 1.165) is 6.20 Å². The van der Waals surface area contributed by atoms with Crippen molar-refractivity contribution < 1.29 is 12.8 Å². The van der Waals surface area contributed by atoms with E-state index in [9.17, 15) is 12.8 Å². The molecule has 5 nitrogen and oxygen atoms in total. The van der Waals surface area contributed by atoms with Gasteiger partial charge in [-0.2, -0.15) is 0 Å². The summed E-state index contributed by atoms with van der Waals surface area (Å²) in [6.07, 6.45) is 2.72. The second-order valence-electron chi connectivity index (χ2n) is 4.82. The van der Waals surface area contributed by atoms with Crippen LogP contribution in [-0.4, -0.2) is 26.5 Å². The molecule has 0 radical (unpaired) electrons. The van der Waals surface area contributed by atoms with Gasteiger partial charge in [0.2, 0.25) is 10.0 Å². The molecule has 118 valence electrons. The number of sulfonamides is 1. The number of benzene rings is 1. The first-order valence-electron chi connectivity index (χ1n) is 6.87. The van der Waals surface area contributed by atoms with Crippen LogP contribution in [0.5, 0.6) is 0 Å². The first-order valence-corrected chi connectivity index (χ1v) is 8.36. The molecule has 1 atom stereocenters. The Bertz CT molecular complexity index is 708. The lowest BCUT2D eigenvalue weighted by Crippen LogP contribution is -2.33. The summed E-state index contributed by atoms with van der Waals surface area (Å²) in [5.74, 6) is -0.393. The predicted octanol–water partition coefficient (Wildman–Crippen LogP) is 1.85. The van der Waals surface area contributed by atoms with Gasteiger partial charge >= 0.3 is 0 Å². The third-order valence-corrected chi connectivity index (χ3v) is 4.62. The minimum absolute atomic E-state index is 0.121. The van der Waals surface area contributed by atoms with Crippen LogP contribution < -0.4 is 10.0 Å². The van der Waals surface area contributed by atoms with Gasteiger partial charge in [-0.05, 0) is 30.7 Å². The lowest BCUT2D eigenvalue weighted by molar-refractivity contribution is 0.548. The summed E-state index contributed by atoms with van der Waals surface area (Å²) < 4.78 is 39.6. The molecule has 0 aliphatic carbocycles. The minimum atomic E-state index is -3.49. The van der Waals surface area contributed by atoms with E-state index in [4.69, 9.17) is 0 Å². The first kappa shape index (κ1) is 16.5. The Morgan fingerprint density at radius 2 is 1.91 bits per heavy atom. The van der Waals surface area contributed by atoms with Crippen molar-refractivity contribution in [2.45, 2.75) is 17.9 Å². The first-order chi connectivity index (χ1) is 10.5. The maximum absolute atomic E-state index is 13.1. The Hall–Kier alpha value is -1.83. The Labute approximate surface area is 129 Å². The number of nitrogens with zero attached hydrogens (tertiary/aromatic N) is 1. The zero-order valence-electron chi connectivity index (χ0n) is 12.2. The molecule has 1 unspecified atom stereocenters. The van der Waals surface area contributed by atoms with E-state index in [2.05, 4.69) is 15.0 Å². The highest BCUT2D eigenvalue weighted by atomic mass is 32.2. The molecule has 22 heavy (non-hydrogen) atoms. The van der Waals surface area contributed by atoms with Crippen LogP contribution in [0.3, 0.4) is 0 Å². The molecule has 0 saturated heterocycles. The largest absolute Gasteiger partial charge is 0.309 e. The van der Waals surface area contributed by atoms with E-state index in [1.54, 1.807) is 24.4 Å². The molecule has 2 rings (SSSR count). The van der Waals surface area contributed by atoms with Crippen molar-refractivity contribution in [3.05, 3.63) is 60.2 Å². The van der Waals surface area contributed by atoms with Crippen molar-refractivity contribution in [3.8, 4) is 0 Å². The van der Waals surface area contributed by atoms with Crippen LogP contribution in [0, 0.1) is 5.82 Å². The molecule has 7 heteroatoms. The Balaban J connectivity index is 1.82. The molecule has 0 bridgehead atoms. The summed E-state index contributed by atoms with van der Waals surface area (Å²) in [6.45, 7) is 2.52. The maximum atomic E-state index is 13.1. The fourth-order valence-corrected chi connectivity index (χ4v) is 2.99. The van der Waals surface area contributed by atoms with Crippen molar-refractivity contribution in [3.63, 3.8) is 0 Å². The Kier molecular flexibility index (Phi) is 5.59. The third kappa shape index (κ3) is 4.59. The zero-order chi connectivity index (χ0) is 16.0. The molecule has 0 fully saturated rings. The molecule has 0 aliphatic rings. The normalized spacial score (nSPS) is 13.0. The number of rotatable bonds is 7. The molecule has 0 amide bonds. The molecular weight excluding hydrogens is 305 g/mol. The van der Waals surface area contributed by atoms with Gasteiger partial charge in [-0.1, -0.05) is 18.2 Å². The van der Waals surface area contributed by atoms with Crippen LogP contribution in [0.4, 0.5) is 4.39 Å². The van der Waals surface area contributed by atoms with E-state index in [1.807, 2.05) is 6.92 Å². The zero-order valence-corrected chi connectivity index (χ0v) is 13.0. The lowest BCUT2D eigenvalue weighted by atomic mass is 10.1. The number of aromatic nitrogens is 1. The van der Waals surface area contributed by atoms with E-state index in [0.29, 0.717) is 12.1 Å². The van der Waals surface area contributed by atoms with Gasteiger partial charge in [0.15, 0.2) is 0 Å². The molecule has 2 aromatic rings. The summed E-state index contributed by atoms with van der Waals surface area (Å²) >= 11 is 0. The van der Waals surface area contributed by atoms with Gasteiger partial charge in [0.05, 0.1) is 11.1 Å². The van der Waals surface area contributed by atoms with Gasteiger partial charge in [0, 0.05) is 25.3 Å². The Morgan fingerprint density at radius 3 is 2.59 bits per heavy atom. The number of halogens is 1. The summed E-state index contributed by atoms with van der Waals surface area (Å²) in [5, 5.41) is 3.12. The van der Waals surface area contributed by atoms with Crippen LogP contribution in [0.25, 0.3) is 0 Å². The summed E-state index contributed by atoms with van der Waals surface area (Å²) in [4.78, 5) is 4.02. The van der Waals surface area contributed by atoms with Crippen molar-refractivity contribution in [2.75, 3.05) is 13.1 Å². The number of hydrogen-bond acceptors (Lipinski definition) is 4. The SMILES string of the molecule is CC(NCCNS(=O)(=O)c1ccccc1)c1cncc(F)c1. The highest BCUT2D eigenvalue weighted by molar-refractivity contribution is 7.89. The molecule has 0 spiro atoms. The molecule has 1 aromatic heterocycles. The molecule has 2 N–H and O–H groups in total. The Morgan fingerprint density at radius 1 is 1.18 bits per heavy atom. The van der Waals surface area contributed by atoms with E-state index in [1.165, 1.54) is 18.2 Å². The molecule has 1 aromatic carbocycles. The summed E-state index contributed by atoms with van der Waals surface area (Å²) in [6, 6.07) is 9.46. The van der Waals surface area contributed by atoms with Gasteiger partial charge in [0.1, 0.15) is 5.82 Å². The van der Waals surface area contributed by atoms with E-state index < -0.39 is 15.8 Å². The van der Waals surface area contributed by atoms with Crippen LogP contribution in [0.1, 0.15) is 18.5 Å². The van der Waals surface area contributed by atoms with Crippen LogP contribution in [0.15, 0.2) is 53.7 Å². The van der Waals surface area contributed by atoms with Crippen molar-refractivity contribution >= 4 is 10.0 Å². The topological polar surface area (TPSA) is 71.1 Å². The highest BCUT2D eigenvalue weighted by Crippen LogP contribution is 2.11. The number of pyridine rings is 1. The second-order valence-corrected chi connectivity index (χ2v) is 6.59. The molecule has 0 saturated carbocycles. The average molecular weight is 323 g/mol. The molecule has 0 aliphatic heterocycles. The fraction of sp³-hybridized carbons (Fsp3) is 0.267. The maximum Gasteiger partial charge on any atom is 0.240 e. The van der Waals surface area contributed by atoms with Gasteiger partial charge < -0.3 is 5.32 Å².